The highest BCUT2D eigenvalue weighted by molar-refractivity contribution is 5.80. The highest BCUT2D eigenvalue weighted by atomic mass is 16.1. The van der Waals surface area contributed by atoms with Crippen molar-refractivity contribution in [1.29, 1.82) is 5.26 Å². The molecule has 0 saturated carbocycles. The number of nitriles is 1. The molecule has 1 aromatic heterocycles. The van der Waals surface area contributed by atoms with E-state index in [1.165, 1.54) is 0 Å². The molecule has 1 heterocycles. The van der Waals surface area contributed by atoms with Gasteiger partial charge in [-0.15, -0.1) is 0 Å². The molecule has 0 aromatic carbocycles. The van der Waals surface area contributed by atoms with Gasteiger partial charge in [0.25, 0.3) is 0 Å². The zero-order valence-electron chi connectivity index (χ0n) is 8.90. The standard InChI is InChI=1S/C10H14N4O/c1-3-9(4-11)10(15)12-5-8-6-13-14(2)7-8/h6-7,9H,3,5H2,1-2H3,(H,12,15). The molecule has 0 bridgehead atoms. The largest absolute Gasteiger partial charge is 0.351 e. The summed E-state index contributed by atoms with van der Waals surface area (Å²) in [5.74, 6) is -0.773. The van der Waals surface area contributed by atoms with E-state index in [-0.39, 0.29) is 5.91 Å². The Bertz CT molecular complexity index is 377. The highest BCUT2D eigenvalue weighted by Gasteiger charge is 2.14. The van der Waals surface area contributed by atoms with Crippen LogP contribution in [0, 0.1) is 17.2 Å². The van der Waals surface area contributed by atoms with Crippen molar-refractivity contribution in [2.24, 2.45) is 13.0 Å². The minimum absolute atomic E-state index is 0.219. The van der Waals surface area contributed by atoms with E-state index in [1.54, 1.807) is 10.9 Å². The van der Waals surface area contributed by atoms with Crippen molar-refractivity contribution in [3.8, 4) is 6.07 Å². The molecule has 1 rings (SSSR count). The molecule has 5 heteroatoms. The first-order chi connectivity index (χ1) is 7.17. The van der Waals surface area contributed by atoms with E-state index in [0.29, 0.717) is 13.0 Å². The van der Waals surface area contributed by atoms with Gasteiger partial charge < -0.3 is 5.32 Å². The maximum Gasteiger partial charge on any atom is 0.237 e. The van der Waals surface area contributed by atoms with Gasteiger partial charge in [-0.05, 0) is 6.42 Å². The van der Waals surface area contributed by atoms with Gasteiger partial charge in [0.1, 0.15) is 5.92 Å². The van der Waals surface area contributed by atoms with Crippen LogP contribution in [0.3, 0.4) is 0 Å². The van der Waals surface area contributed by atoms with Crippen LogP contribution in [-0.2, 0) is 18.4 Å². The molecule has 1 unspecified atom stereocenters. The quantitative estimate of drug-likeness (QED) is 0.783. The number of aromatic nitrogens is 2. The van der Waals surface area contributed by atoms with Crippen LogP contribution in [0.15, 0.2) is 12.4 Å². The van der Waals surface area contributed by atoms with Gasteiger partial charge in [0, 0.05) is 25.4 Å². The number of aryl methyl sites for hydroxylation is 1. The number of carbonyl (C=O) groups excluding carboxylic acids is 1. The number of nitrogens with zero attached hydrogens (tertiary/aromatic N) is 3. The molecule has 15 heavy (non-hydrogen) atoms. The Labute approximate surface area is 88.7 Å². The highest BCUT2D eigenvalue weighted by Crippen LogP contribution is 2.01. The summed E-state index contributed by atoms with van der Waals surface area (Å²) in [4.78, 5) is 11.4. The molecule has 0 aliphatic carbocycles. The van der Waals surface area contributed by atoms with Gasteiger partial charge in [0.2, 0.25) is 5.91 Å². The van der Waals surface area contributed by atoms with E-state index >= 15 is 0 Å². The first kappa shape index (κ1) is 11.2. The minimum Gasteiger partial charge on any atom is -0.351 e. The van der Waals surface area contributed by atoms with Crippen LogP contribution in [0.1, 0.15) is 18.9 Å². The van der Waals surface area contributed by atoms with Crippen LogP contribution >= 0.6 is 0 Å². The summed E-state index contributed by atoms with van der Waals surface area (Å²) < 4.78 is 1.67. The van der Waals surface area contributed by atoms with Gasteiger partial charge in [-0.3, -0.25) is 9.48 Å². The van der Waals surface area contributed by atoms with Crippen molar-refractivity contribution in [3.63, 3.8) is 0 Å². The average Bonchev–Trinajstić information content (AvgIpc) is 2.63. The lowest BCUT2D eigenvalue weighted by atomic mass is 10.1. The molecule has 0 saturated heterocycles. The summed E-state index contributed by atoms with van der Waals surface area (Å²) >= 11 is 0. The SMILES string of the molecule is CCC(C#N)C(=O)NCc1cnn(C)c1. The van der Waals surface area contributed by atoms with Crippen LogP contribution < -0.4 is 5.32 Å². The first-order valence-corrected chi connectivity index (χ1v) is 4.82. The number of hydrogen-bond donors (Lipinski definition) is 1. The van der Waals surface area contributed by atoms with Crippen LogP contribution in [0.5, 0.6) is 0 Å². The summed E-state index contributed by atoms with van der Waals surface area (Å²) in [7, 11) is 1.81. The van der Waals surface area contributed by atoms with Crippen LogP contribution in [0.2, 0.25) is 0 Å². The molecule has 0 radical (unpaired) electrons. The summed E-state index contributed by atoms with van der Waals surface area (Å²) in [6.07, 6.45) is 4.05. The lowest BCUT2D eigenvalue weighted by Crippen LogP contribution is -2.29. The second kappa shape index (κ2) is 5.15. The van der Waals surface area contributed by atoms with Gasteiger partial charge >= 0.3 is 0 Å². The van der Waals surface area contributed by atoms with E-state index < -0.39 is 5.92 Å². The Morgan fingerprint density at radius 3 is 3.00 bits per heavy atom. The van der Waals surface area contributed by atoms with E-state index in [0.717, 1.165) is 5.56 Å². The number of amides is 1. The normalized spacial score (nSPS) is 11.8. The van der Waals surface area contributed by atoms with Gasteiger partial charge in [0.05, 0.1) is 12.3 Å². The molecular weight excluding hydrogens is 192 g/mol. The lowest BCUT2D eigenvalue weighted by molar-refractivity contribution is -0.123. The molecule has 80 valence electrons. The fourth-order valence-corrected chi connectivity index (χ4v) is 1.21. The van der Waals surface area contributed by atoms with Gasteiger partial charge in [-0.2, -0.15) is 10.4 Å². The van der Waals surface area contributed by atoms with Gasteiger partial charge in [-0.1, -0.05) is 6.92 Å². The average molecular weight is 206 g/mol. The predicted molar refractivity (Wildman–Crippen MR) is 54.4 cm³/mol. The molecule has 1 atom stereocenters. The number of rotatable bonds is 4. The minimum atomic E-state index is -0.554. The topological polar surface area (TPSA) is 70.7 Å². The molecule has 0 spiro atoms. The zero-order chi connectivity index (χ0) is 11.3. The second-order valence-corrected chi connectivity index (χ2v) is 3.33. The van der Waals surface area contributed by atoms with E-state index in [1.807, 2.05) is 26.2 Å². The Morgan fingerprint density at radius 1 is 1.80 bits per heavy atom. The number of nitrogens with one attached hydrogen (secondary N) is 1. The van der Waals surface area contributed by atoms with Crippen LogP contribution in [0.4, 0.5) is 0 Å². The molecule has 0 aliphatic rings. The van der Waals surface area contributed by atoms with Crippen molar-refractivity contribution in [1.82, 2.24) is 15.1 Å². The maximum atomic E-state index is 11.4. The Hall–Kier alpha value is -1.83. The molecule has 5 nitrogen and oxygen atoms in total. The number of hydrogen-bond acceptors (Lipinski definition) is 3. The van der Waals surface area contributed by atoms with Crippen LogP contribution in [0.25, 0.3) is 0 Å². The third-order valence-electron chi connectivity index (χ3n) is 2.11. The molecule has 0 fully saturated rings. The Kier molecular flexibility index (Phi) is 3.86. The van der Waals surface area contributed by atoms with Gasteiger partial charge in [-0.25, -0.2) is 0 Å². The molecule has 1 aromatic rings. The fourth-order valence-electron chi connectivity index (χ4n) is 1.21. The second-order valence-electron chi connectivity index (χ2n) is 3.33. The molecule has 1 amide bonds. The van der Waals surface area contributed by atoms with Crippen molar-refractivity contribution in [3.05, 3.63) is 18.0 Å². The smallest absolute Gasteiger partial charge is 0.237 e. The predicted octanol–water partition coefficient (Wildman–Crippen LogP) is 0.586. The van der Waals surface area contributed by atoms with Crippen molar-refractivity contribution in [2.45, 2.75) is 19.9 Å². The molecular formula is C10H14N4O. The van der Waals surface area contributed by atoms with Crippen molar-refractivity contribution < 1.29 is 4.79 Å². The summed E-state index contributed by atoms with van der Waals surface area (Å²) in [5.41, 5.74) is 0.929. The fraction of sp³-hybridized carbons (Fsp3) is 0.500. The number of carbonyl (C=O) groups is 1. The van der Waals surface area contributed by atoms with Crippen LogP contribution in [-0.4, -0.2) is 15.7 Å². The third kappa shape index (κ3) is 3.09. The summed E-state index contributed by atoms with van der Waals surface area (Å²) in [5, 5.41) is 15.3. The summed E-state index contributed by atoms with van der Waals surface area (Å²) in [6, 6.07) is 1.96. The van der Waals surface area contributed by atoms with Gasteiger partial charge in [0.15, 0.2) is 0 Å². The monoisotopic (exact) mass is 206 g/mol. The Morgan fingerprint density at radius 2 is 2.53 bits per heavy atom. The first-order valence-electron chi connectivity index (χ1n) is 4.82. The Balaban J connectivity index is 2.44. The zero-order valence-corrected chi connectivity index (χ0v) is 8.90. The van der Waals surface area contributed by atoms with Crippen molar-refractivity contribution in [2.75, 3.05) is 0 Å². The maximum absolute atomic E-state index is 11.4. The van der Waals surface area contributed by atoms with Crippen molar-refractivity contribution >= 4 is 5.91 Å². The summed E-state index contributed by atoms with van der Waals surface area (Å²) in [6.45, 7) is 2.24. The van der Waals surface area contributed by atoms with E-state index in [2.05, 4.69) is 10.4 Å². The van der Waals surface area contributed by atoms with E-state index in [9.17, 15) is 4.79 Å². The third-order valence-corrected chi connectivity index (χ3v) is 2.11. The van der Waals surface area contributed by atoms with E-state index in [4.69, 9.17) is 5.26 Å². The molecule has 1 N–H and O–H groups in total. The lowest BCUT2D eigenvalue weighted by Gasteiger charge is -2.06. The molecule has 0 aliphatic heterocycles.